The second-order valence-electron chi connectivity index (χ2n) is 11.2. The number of carbonyl (C=O) groups is 2. The third-order valence-electron chi connectivity index (χ3n) is 6.85. The number of hydrogen-bond acceptors (Lipinski definition) is 8. The van der Waals surface area contributed by atoms with Crippen LogP contribution in [0.15, 0.2) is 43.1 Å². The number of likely N-dealkylation sites (tertiary alicyclic amines) is 1. The summed E-state index contributed by atoms with van der Waals surface area (Å²) in [5, 5.41) is 3.08. The minimum absolute atomic E-state index is 0.0656. The van der Waals surface area contributed by atoms with Gasteiger partial charge < -0.3 is 34.1 Å². The Morgan fingerprint density at radius 2 is 2.00 bits per heavy atom. The first-order valence-corrected chi connectivity index (χ1v) is 14.1. The smallest absolute Gasteiger partial charge is 0.410 e. The van der Waals surface area contributed by atoms with Crippen LogP contribution in [0.5, 0.6) is 5.75 Å². The highest BCUT2D eigenvalue weighted by atomic mass is 16.7. The van der Waals surface area contributed by atoms with Crippen LogP contribution < -0.4 is 10.1 Å². The summed E-state index contributed by atoms with van der Waals surface area (Å²) in [6.07, 6.45) is 6.90. The highest BCUT2D eigenvalue weighted by molar-refractivity contribution is 6.06. The van der Waals surface area contributed by atoms with Gasteiger partial charge in [0.15, 0.2) is 5.76 Å². The van der Waals surface area contributed by atoms with Crippen LogP contribution in [0, 0.1) is 0 Å². The molecule has 11 nitrogen and oxygen atoms in total. The number of amides is 2. The Morgan fingerprint density at radius 3 is 2.76 bits per heavy atom. The van der Waals surface area contributed by atoms with E-state index in [4.69, 9.17) is 18.9 Å². The fourth-order valence-corrected chi connectivity index (χ4v) is 4.73. The number of fused-ring (bicyclic) bond motifs is 1. The van der Waals surface area contributed by atoms with E-state index in [0.717, 1.165) is 24.2 Å². The SMILES string of the molecule is CCCCOc1cccc(C2OC=C(c3ncnc4c(C(=O)NC5CCN(C(=O)OC(C)(C)C)CC5)c[nH]c34)O2)c1. The molecule has 0 aliphatic carbocycles. The van der Waals surface area contributed by atoms with E-state index in [1.165, 1.54) is 12.6 Å². The maximum atomic E-state index is 13.2. The molecule has 2 aliphatic rings. The predicted molar refractivity (Wildman–Crippen MR) is 152 cm³/mol. The van der Waals surface area contributed by atoms with Crippen molar-refractivity contribution in [3.8, 4) is 5.75 Å². The lowest BCUT2D eigenvalue weighted by molar-refractivity contribution is -0.0173. The van der Waals surface area contributed by atoms with E-state index in [0.29, 0.717) is 60.6 Å². The molecule has 0 spiro atoms. The van der Waals surface area contributed by atoms with Crippen LogP contribution in [0.1, 0.15) is 81.3 Å². The minimum Gasteiger partial charge on any atom is -0.494 e. The number of piperidine rings is 1. The average Bonchev–Trinajstić information content (AvgIpc) is 3.61. The zero-order valence-electron chi connectivity index (χ0n) is 23.9. The van der Waals surface area contributed by atoms with Gasteiger partial charge in [-0.25, -0.2) is 14.8 Å². The van der Waals surface area contributed by atoms with E-state index >= 15 is 0 Å². The van der Waals surface area contributed by atoms with E-state index < -0.39 is 11.9 Å². The molecule has 1 saturated heterocycles. The first-order valence-electron chi connectivity index (χ1n) is 14.1. The van der Waals surface area contributed by atoms with Gasteiger partial charge in [0, 0.05) is 30.9 Å². The van der Waals surface area contributed by atoms with Crippen molar-refractivity contribution < 1.29 is 28.5 Å². The van der Waals surface area contributed by atoms with Gasteiger partial charge in [-0.05, 0) is 52.2 Å². The van der Waals surface area contributed by atoms with Crippen LogP contribution in [0.4, 0.5) is 4.79 Å². The number of unbranched alkanes of at least 4 members (excludes halogenated alkanes) is 1. The minimum atomic E-state index is -0.644. The van der Waals surface area contributed by atoms with Crippen molar-refractivity contribution in [3.05, 3.63) is 59.9 Å². The van der Waals surface area contributed by atoms with E-state index in [-0.39, 0.29) is 18.0 Å². The van der Waals surface area contributed by atoms with Crippen molar-refractivity contribution in [2.75, 3.05) is 19.7 Å². The lowest BCUT2D eigenvalue weighted by atomic mass is 10.0. The van der Waals surface area contributed by atoms with E-state index in [2.05, 4.69) is 27.2 Å². The number of hydrogen-bond donors (Lipinski definition) is 2. The van der Waals surface area contributed by atoms with E-state index in [9.17, 15) is 9.59 Å². The Bertz CT molecular complexity index is 1420. The second kappa shape index (κ2) is 12.1. The average molecular weight is 564 g/mol. The molecule has 5 rings (SSSR count). The quantitative estimate of drug-likeness (QED) is 0.353. The van der Waals surface area contributed by atoms with Gasteiger partial charge in [-0.15, -0.1) is 0 Å². The number of nitrogens with one attached hydrogen (secondary N) is 2. The molecule has 218 valence electrons. The van der Waals surface area contributed by atoms with Gasteiger partial charge in [0.2, 0.25) is 0 Å². The maximum Gasteiger partial charge on any atom is 0.410 e. The Morgan fingerprint density at radius 1 is 1.20 bits per heavy atom. The molecule has 3 aromatic rings. The molecule has 1 unspecified atom stereocenters. The summed E-state index contributed by atoms with van der Waals surface area (Å²) in [6, 6.07) is 7.57. The molecule has 1 atom stereocenters. The van der Waals surface area contributed by atoms with Crippen molar-refractivity contribution in [2.45, 2.75) is 71.3 Å². The lowest BCUT2D eigenvalue weighted by Gasteiger charge is -2.33. The molecule has 1 fully saturated rings. The Kier molecular flexibility index (Phi) is 8.32. The number of aromatic amines is 1. The molecule has 2 amide bonds. The molecule has 2 aliphatic heterocycles. The molecule has 41 heavy (non-hydrogen) atoms. The van der Waals surface area contributed by atoms with Gasteiger partial charge in [-0.3, -0.25) is 4.79 Å². The zero-order chi connectivity index (χ0) is 29.0. The number of ether oxygens (including phenoxy) is 4. The normalized spacial score (nSPS) is 17.5. The molecular formula is C30H37N5O6. The van der Waals surface area contributed by atoms with E-state index in [1.54, 1.807) is 11.1 Å². The predicted octanol–water partition coefficient (Wildman–Crippen LogP) is 5.31. The fraction of sp³-hybridized carbons (Fsp3) is 0.467. The molecule has 11 heteroatoms. The van der Waals surface area contributed by atoms with Crippen molar-refractivity contribution >= 4 is 28.8 Å². The van der Waals surface area contributed by atoms with Crippen molar-refractivity contribution in [2.24, 2.45) is 0 Å². The van der Waals surface area contributed by atoms with Gasteiger partial charge in [0.05, 0.1) is 17.7 Å². The first kappa shape index (κ1) is 28.3. The van der Waals surface area contributed by atoms with Crippen LogP contribution in [0.2, 0.25) is 0 Å². The third kappa shape index (κ3) is 6.72. The molecule has 0 saturated carbocycles. The summed E-state index contributed by atoms with van der Waals surface area (Å²) >= 11 is 0. The summed E-state index contributed by atoms with van der Waals surface area (Å²) in [5.74, 6) is 0.951. The summed E-state index contributed by atoms with van der Waals surface area (Å²) in [5.41, 5.74) is 2.24. The molecular weight excluding hydrogens is 526 g/mol. The number of carbonyl (C=O) groups excluding carboxylic acids is 2. The van der Waals surface area contributed by atoms with Crippen LogP contribution >= 0.6 is 0 Å². The van der Waals surface area contributed by atoms with E-state index in [1.807, 2.05) is 45.0 Å². The topological polar surface area (TPSA) is 128 Å². The second-order valence-corrected chi connectivity index (χ2v) is 11.2. The van der Waals surface area contributed by atoms with Crippen LogP contribution in [-0.4, -0.2) is 63.2 Å². The van der Waals surface area contributed by atoms with Gasteiger partial charge in [0.1, 0.15) is 35.2 Å². The fourth-order valence-electron chi connectivity index (χ4n) is 4.73. The summed E-state index contributed by atoms with van der Waals surface area (Å²) in [6.45, 7) is 9.34. The highest BCUT2D eigenvalue weighted by Crippen LogP contribution is 2.36. The van der Waals surface area contributed by atoms with Crippen LogP contribution in [0.25, 0.3) is 16.8 Å². The molecule has 2 N–H and O–H groups in total. The number of rotatable bonds is 8. The van der Waals surface area contributed by atoms with Crippen molar-refractivity contribution in [1.82, 2.24) is 25.2 Å². The van der Waals surface area contributed by atoms with Crippen molar-refractivity contribution in [3.63, 3.8) is 0 Å². The Hall–Kier alpha value is -4.28. The molecule has 0 bridgehead atoms. The van der Waals surface area contributed by atoms with Crippen molar-refractivity contribution in [1.29, 1.82) is 0 Å². The van der Waals surface area contributed by atoms with Gasteiger partial charge in [0.25, 0.3) is 12.2 Å². The number of aromatic nitrogens is 3. The first-order chi connectivity index (χ1) is 19.7. The third-order valence-corrected chi connectivity index (χ3v) is 6.85. The molecule has 0 radical (unpaired) electrons. The molecule has 1 aromatic carbocycles. The van der Waals surface area contributed by atoms with Gasteiger partial charge >= 0.3 is 6.09 Å². The monoisotopic (exact) mass is 563 g/mol. The summed E-state index contributed by atoms with van der Waals surface area (Å²) in [4.78, 5) is 39.1. The van der Waals surface area contributed by atoms with Gasteiger partial charge in [-0.1, -0.05) is 25.5 Å². The number of benzene rings is 1. The Labute approximate surface area is 239 Å². The van der Waals surface area contributed by atoms with Crippen LogP contribution in [-0.2, 0) is 14.2 Å². The Balaban J connectivity index is 1.21. The van der Waals surface area contributed by atoms with Gasteiger partial charge in [-0.2, -0.15) is 0 Å². The lowest BCUT2D eigenvalue weighted by Crippen LogP contribution is -2.47. The van der Waals surface area contributed by atoms with Crippen LogP contribution in [0.3, 0.4) is 0 Å². The molecule has 2 aromatic heterocycles. The molecule has 4 heterocycles. The number of H-pyrrole nitrogens is 1. The number of nitrogens with zero attached hydrogens (tertiary/aromatic N) is 3. The maximum absolute atomic E-state index is 13.2. The standard InChI is InChI=1S/C30H37N5O6/c1-5-6-14-38-21-9-7-8-19(15-21)28-39-17-23(40-28)25-26-24(32-18-33-25)22(16-31-26)27(36)34-20-10-12-35(13-11-20)29(37)41-30(2,3)4/h7-9,15-18,20,28,31H,5-6,10-14H2,1-4H3,(H,34,36). The summed E-state index contributed by atoms with van der Waals surface area (Å²) in [7, 11) is 0. The zero-order valence-corrected chi connectivity index (χ0v) is 23.9. The largest absolute Gasteiger partial charge is 0.494 e. The highest BCUT2D eigenvalue weighted by Gasteiger charge is 2.30. The summed E-state index contributed by atoms with van der Waals surface area (Å²) < 4.78 is 23.2.